The average Bonchev–Trinajstić information content (AvgIpc) is 3.25. The number of urea groups is 1. The SMILES string of the molecule is CCCC(=O)N(C)[C@H](CC(CO)CO)C(=O)N(C)[C@@H](CC(C)(C)O)C(=O)N[C@H](C(=O)N(C)[C@@H](CC(C)C)C(=O)N[C@H](C)C(=O)N[C@@H](C)C(=O)N(C)[C@@H](CC(C)C)C(=O)N(C)C(=O)NC)C(C)C. The fraction of sp³-hybridized carbons (Fsp3) is 0.804. The van der Waals surface area contributed by atoms with Gasteiger partial charge in [0, 0.05) is 74.3 Å². The minimum absolute atomic E-state index is 0.0361. The van der Waals surface area contributed by atoms with Gasteiger partial charge in [0.05, 0.1) is 5.60 Å². The number of likely N-dealkylation sites (N-methyl/N-ethyl adjacent to an activating group) is 5. The van der Waals surface area contributed by atoms with E-state index in [0.29, 0.717) is 6.42 Å². The predicted octanol–water partition coefficient (Wildman–Crippen LogP) is 0.287. The molecule has 386 valence electrons. The number of hydrogen-bond acceptors (Lipinski definition) is 12. The largest absolute Gasteiger partial charge is 0.396 e. The molecule has 0 aliphatic rings. The van der Waals surface area contributed by atoms with E-state index in [0.717, 1.165) is 9.80 Å². The van der Waals surface area contributed by atoms with Crippen molar-refractivity contribution in [2.45, 2.75) is 163 Å². The first-order chi connectivity index (χ1) is 30.8. The summed E-state index contributed by atoms with van der Waals surface area (Å²) in [6.07, 6.45) is 0.582. The Morgan fingerprint density at radius 3 is 1.45 bits per heavy atom. The van der Waals surface area contributed by atoms with Gasteiger partial charge in [0.2, 0.25) is 41.4 Å². The number of rotatable bonds is 27. The van der Waals surface area contributed by atoms with E-state index in [9.17, 15) is 58.5 Å². The van der Waals surface area contributed by atoms with E-state index in [4.69, 9.17) is 0 Å². The molecule has 0 heterocycles. The minimum atomic E-state index is -1.51. The molecule has 0 spiro atoms. The van der Waals surface area contributed by atoms with Crippen LogP contribution in [-0.4, -0.2) is 197 Å². The molecule has 0 aromatic heterocycles. The standard InChI is InChI=1S/C46H85N9O12/c1-18-19-36(58)51(13)34(22-31(24-56)25-57)42(63)54(16)35(23-46(10,11)67)40(61)50-37(28(6)7)44(65)52(14)32(20-26(2)3)39(60)48-29(8)38(59)49-30(9)41(62)53(15)33(21-27(4)5)43(64)55(17)45(66)47-12/h26-35,37,56-57,67H,18-25H2,1-17H3,(H,47,66)(H,48,60)(H,49,59)(H,50,61)/t29-,30+,32+,33+,34-,35+,37+/m1/s1. The van der Waals surface area contributed by atoms with Crippen LogP contribution in [0, 0.1) is 23.7 Å². The van der Waals surface area contributed by atoms with Crippen LogP contribution in [0.3, 0.4) is 0 Å². The van der Waals surface area contributed by atoms with Crippen molar-refractivity contribution in [2.75, 3.05) is 55.5 Å². The van der Waals surface area contributed by atoms with Crippen LogP contribution in [0.2, 0.25) is 0 Å². The van der Waals surface area contributed by atoms with Crippen LogP contribution >= 0.6 is 0 Å². The molecule has 0 aliphatic heterocycles. The predicted molar refractivity (Wildman–Crippen MR) is 252 cm³/mol. The number of imide groups is 1. The lowest BCUT2D eigenvalue weighted by molar-refractivity contribution is -0.151. The van der Waals surface area contributed by atoms with Gasteiger partial charge in [-0.05, 0) is 71.1 Å². The van der Waals surface area contributed by atoms with Gasteiger partial charge in [-0.1, -0.05) is 48.5 Å². The summed E-state index contributed by atoms with van der Waals surface area (Å²) in [4.78, 5) is 128. The molecule has 0 unspecified atom stereocenters. The molecule has 0 saturated heterocycles. The van der Waals surface area contributed by atoms with E-state index in [1.165, 1.54) is 84.7 Å². The fourth-order valence-corrected chi connectivity index (χ4v) is 7.40. The van der Waals surface area contributed by atoms with E-state index >= 15 is 0 Å². The summed E-state index contributed by atoms with van der Waals surface area (Å²) in [6.45, 7) is 17.3. The monoisotopic (exact) mass is 956 g/mol. The highest BCUT2D eigenvalue weighted by Gasteiger charge is 2.41. The Hall–Kier alpha value is -4.89. The van der Waals surface area contributed by atoms with Crippen LogP contribution in [-0.2, 0) is 38.4 Å². The lowest BCUT2D eigenvalue weighted by Crippen LogP contribution is -2.61. The second-order valence-corrected chi connectivity index (χ2v) is 19.6. The van der Waals surface area contributed by atoms with Gasteiger partial charge >= 0.3 is 6.03 Å². The van der Waals surface area contributed by atoms with Crippen LogP contribution in [0.4, 0.5) is 4.79 Å². The summed E-state index contributed by atoms with van der Waals surface area (Å²) in [5.74, 6) is -6.68. The number of aliphatic hydroxyl groups excluding tert-OH is 2. The van der Waals surface area contributed by atoms with Gasteiger partial charge in [-0.2, -0.15) is 0 Å². The average molecular weight is 956 g/mol. The Kier molecular flexibility index (Phi) is 26.4. The van der Waals surface area contributed by atoms with Crippen molar-refractivity contribution in [3.8, 4) is 0 Å². The third-order valence-corrected chi connectivity index (χ3v) is 11.7. The van der Waals surface area contributed by atoms with Crippen molar-refractivity contribution in [2.24, 2.45) is 23.7 Å². The van der Waals surface area contributed by atoms with Crippen molar-refractivity contribution in [3.63, 3.8) is 0 Å². The zero-order chi connectivity index (χ0) is 52.4. The second-order valence-electron chi connectivity index (χ2n) is 19.6. The summed E-state index contributed by atoms with van der Waals surface area (Å²) in [5.41, 5.74) is -1.51. The number of carbonyl (C=O) groups is 9. The van der Waals surface area contributed by atoms with E-state index in [1.807, 2.05) is 27.7 Å². The summed E-state index contributed by atoms with van der Waals surface area (Å²) in [5, 5.41) is 41.0. The smallest absolute Gasteiger partial charge is 0.323 e. The molecule has 0 aromatic carbocycles. The van der Waals surface area contributed by atoms with Crippen molar-refractivity contribution in [3.05, 3.63) is 0 Å². The normalized spacial score (nSPS) is 14.8. The molecule has 21 heteroatoms. The number of aliphatic hydroxyl groups is 3. The zero-order valence-electron chi connectivity index (χ0n) is 43.3. The minimum Gasteiger partial charge on any atom is -0.396 e. The maximum absolute atomic E-state index is 14.4. The molecule has 0 aromatic rings. The van der Waals surface area contributed by atoms with Gasteiger partial charge in [0.1, 0.15) is 42.3 Å². The van der Waals surface area contributed by atoms with Gasteiger partial charge in [-0.25, -0.2) is 4.79 Å². The van der Waals surface area contributed by atoms with E-state index in [2.05, 4.69) is 21.3 Å². The highest BCUT2D eigenvalue weighted by Crippen LogP contribution is 2.22. The molecule has 21 nitrogen and oxygen atoms in total. The zero-order valence-corrected chi connectivity index (χ0v) is 43.3. The van der Waals surface area contributed by atoms with Gasteiger partial charge in [-0.3, -0.25) is 43.3 Å². The number of hydrogen-bond donors (Lipinski definition) is 7. The van der Waals surface area contributed by atoms with Gasteiger partial charge < -0.3 is 56.2 Å². The third-order valence-electron chi connectivity index (χ3n) is 11.7. The van der Waals surface area contributed by atoms with Crippen LogP contribution in [0.15, 0.2) is 0 Å². The second kappa shape index (κ2) is 28.4. The van der Waals surface area contributed by atoms with Crippen LogP contribution in [0.25, 0.3) is 0 Å². The Balaban J connectivity index is 6.56. The van der Waals surface area contributed by atoms with Crippen molar-refractivity contribution < 1.29 is 58.5 Å². The first kappa shape index (κ1) is 62.1. The summed E-state index contributed by atoms with van der Waals surface area (Å²) >= 11 is 0. The molecule has 0 rings (SSSR count). The van der Waals surface area contributed by atoms with Crippen molar-refractivity contribution >= 4 is 53.3 Å². The van der Waals surface area contributed by atoms with Crippen molar-refractivity contribution in [1.29, 1.82) is 0 Å². The molecule has 0 radical (unpaired) electrons. The lowest BCUT2D eigenvalue weighted by Gasteiger charge is -2.38. The molecular weight excluding hydrogens is 871 g/mol. The van der Waals surface area contributed by atoms with E-state index in [1.54, 1.807) is 20.8 Å². The van der Waals surface area contributed by atoms with E-state index < -0.39 is 120 Å². The van der Waals surface area contributed by atoms with Crippen LogP contribution in [0.1, 0.15) is 115 Å². The molecule has 67 heavy (non-hydrogen) atoms. The number of nitrogens with zero attached hydrogens (tertiary/aromatic N) is 5. The van der Waals surface area contributed by atoms with Crippen LogP contribution < -0.4 is 21.3 Å². The lowest BCUT2D eigenvalue weighted by atomic mass is 9.94. The maximum atomic E-state index is 14.4. The molecule has 7 N–H and O–H groups in total. The highest BCUT2D eigenvalue weighted by molar-refractivity contribution is 6.00. The summed E-state index contributed by atoms with van der Waals surface area (Å²) < 4.78 is 0. The topological polar surface area (TPSA) is 279 Å². The first-order valence-electron chi connectivity index (χ1n) is 23.2. The molecule has 0 saturated carbocycles. The first-order valence-corrected chi connectivity index (χ1v) is 23.2. The molecular formula is C46H85N9O12. The molecule has 0 fully saturated rings. The van der Waals surface area contributed by atoms with Gasteiger partial charge in [0.25, 0.3) is 5.91 Å². The molecule has 7 atom stereocenters. The number of amides is 10. The van der Waals surface area contributed by atoms with E-state index in [-0.39, 0.29) is 49.8 Å². The third kappa shape index (κ3) is 19.3. The molecule has 10 amide bonds. The Morgan fingerprint density at radius 1 is 0.552 bits per heavy atom. The van der Waals surface area contributed by atoms with Gasteiger partial charge in [0.15, 0.2) is 0 Å². The number of nitrogens with one attached hydrogen (secondary N) is 4. The van der Waals surface area contributed by atoms with Gasteiger partial charge in [-0.15, -0.1) is 0 Å². The van der Waals surface area contributed by atoms with Crippen molar-refractivity contribution in [1.82, 2.24) is 45.8 Å². The highest BCUT2D eigenvalue weighted by atomic mass is 16.3. The molecule has 0 bridgehead atoms. The van der Waals surface area contributed by atoms with Crippen LogP contribution in [0.5, 0.6) is 0 Å². The molecule has 0 aliphatic carbocycles. The summed E-state index contributed by atoms with van der Waals surface area (Å²) in [6, 6.07) is -9.00. The Bertz CT molecular complexity index is 1680. The maximum Gasteiger partial charge on any atom is 0.323 e. The summed E-state index contributed by atoms with van der Waals surface area (Å²) in [7, 11) is 8.23. The Morgan fingerprint density at radius 2 is 1.00 bits per heavy atom. The Labute approximate surface area is 398 Å². The fourth-order valence-electron chi connectivity index (χ4n) is 7.40. The quantitative estimate of drug-likeness (QED) is 0.0586. The number of carbonyl (C=O) groups excluding carboxylic acids is 9.